The van der Waals surface area contributed by atoms with Crippen LogP contribution in [0.1, 0.15) is 11.1 Å². The molecule has 0 radical (unpaired) electrons. The van der Waals surface area contributed by atoms with Crippen molar-refractivity contribution in [3.8, 4) is 11.5 Å². The molecule has 0 saturated heterocycles. The number of aromatic hydroxyl groups is 1. The maximum absolute atomic E-state index is 9.80. The predicted molar refractivity (Wildman–Crippen MR) is 85.7 cm³/mol. The number of nitrogens with zero attached hydrogens (tertiary/aromatic N) is 2. The average molecular weight is 299 g/mol. The third-order valence-corrected chi connectivity index (χ3v) is 2.91. The Kier molecular flexibility index (Phi) is 4.57. The van der Waals surface area contributed by atoms with Crippen LogP contribution < -0.4 is 15.8 Å². The first-order chi connectivity index (χ1) is 10.6. The summed E-state index contributed by atoms with van der Waals surface area (Å²) in [5, 5.41) is 21.0. The van der Waals surface area contributed by atoms with Crippen molar-refractivity contribution in [2.45, 2.75) is 0 Å². The standard InChI is InChI=1S/C15H17N5O2/c1-3-4-22-11-6-9(5-10(21)7-11)13(16)12-14(17)19-8-20-15(12)18-2/h3,5-8,16,21H,1,4H2,2H3,(H3,17,18,19,20). The van der Waals surface area contributed by atoms with Gasteiger partial charge in [0.25, 0.3) is 0 Å². The number of anilines is 2. The lowest BCUT2D eigenvalue weighted by atomic mass is 10.0. The number of ether oxygens (including phenoxy) is 1. The Labute approximate surface area is 128 Å². The first-order valence-corrected chi connectivity index (χ1v) is 6.52. The van der Waals surface area contributed by atoms with Crippen molar-refractivity contribution in [2.75, 3.05) is 24.7 Å². The SMILES string of the molecule is C=CCOc1cc(O)cc(C(=N)c2c(N)ncnc2NC)c1. The van der Waals surface area contributed by atoms with Gasteiger partial charge in [0.05, 0.1) is 11.3 Å². The van der Waals surface area contributed by atoms with E-state index in [-0.39, 0.29) is 17.3 Å². The minimum absolute atomic E-state index is 0.0114. The zero-order valence-corrected chi connectivity index (χ0v) is 12.1. The summed E-state index contributed by atoms with van der Waals surface area (Å²) in [6.07, 6.45) is 2.91. The van der Waals surface area contributed by atoms with Gasteiger partial charge in [-0.15, -0.1) is 0 Å². The Balaban J connectivity index is 2.45. The van der Waals surface area contributed by atoms with Crippen LogP contribution in [0.5, 0.6) is 11.5 Å². The number of phenols is 1. The Morgan fingerprint density at radius 3 is 2.91 bits per heavy atom. The highest BCUT2D eigenvalue weighted by molar-refractivity contribution is 6.16. The second kappa shape index (κ2) is 6.57. The van der Waals surface area contributed by atoms with Crippen molar-refractivity contribution in [3.63, 3.8) is 0 Å². The summed E-state index contributed by atoms with van der Waals surface area (Å²) in [4.78, 5) is 7.96. The molecule has 0 amide bonds. The third-order valence-electron chi connectivity index (χ3n) is 2.91. The van der Waals surface area contributed by atoms with E-state index < -0.39 is 0 Å². The van der Waals surface area contributed by atoms with Crippen molar-refractivity contribution < 1.29 is 9.84 Å². The quantitative estimate of drug-likeness (QED) is 0.477. The van der Waals surface area contributed by atoms with Crippen LogP contribution >= 0.6 is 0 Å². The molecule has 7 nitrogen and oxygen atoms in total. The molecule has 5 N–H and O–H groups in total. The van der Waals surface area contributed by atoms with Crippen molar-refractivity contribution >= 4 is 17.3 Å². The van der Waals surface area contributed by atoms with Crippen LogP contribution in [0.25, 0.3) is 0 Å². The fourth-order valence-corrected chi connectivity index (χ4v) is 1.95. The molecule has 0 spiro atoms. The van der Waals surface area contributed by atoms with Crippen LogP contribution in [-0.4, -0.2) is 34.4 Å². The van der Waals surface area contributed by atoms with Crippen molar-refractivity contribution in [2.24, 2.45) is 0 Å². The topological polar surface area (TPSA) is 117 Å². The Morgan fingerprint density at radius 1 is 1.45 bits per heavy atom. The number of benzene rings is 1. The van der Waals surface area contributed by atoms with Crippen LogP contribution in [0.15, 0.2) is 37.2 Å². The van der Waals surface area contributed by atoms with Crippen molar-refractivity contribution in [1.82, 2.24) is 9.97 Å². The Bertz CT molecular complexity index is 715. The molecule has 2 rings (SSSR count). The zero-order chi connectivity index (χ0) is 16.1. The number of aromatic nitrogens is 2. The molecular formula is C15H17N5O2. The smallest absolute Gasteiger partial charge is 0.140 e. The van der Waals surface area contributed by atoms with E-state index in [2.05, 4.69) is 21.9 Å². The van der Waals surface area contributed by atoms with Gasteiger partial charge in [0, 0.05) is 18.7 Å². The van der Waals surface area contributed by atoms with Crippen molar-refractivity contribution in [3.05, 3.63) is 48.3 Å². The van der Waals surface area contributed by atoms with Crippen LogP contribution in [0.4, 0.5) is 11.6 Å². The maximum Gasteiger partial charge on any atom is 0.140 e. The van der Waals surface area contributed by atoms with Gasteiger partial charge in [0.2, 0.25) is 0 Å². The Morgan fingerprint density at radius 2 is 2.23 bits per heavy atom. The number of nitrogens with one attached hydrogen (secondary N) is 2. The molecule has 1 heterocycles. The van der Waals surface area contributed by atoms with Gasteiger partial charge in [-0.2, -0.15) is 0 Å². The second-order valence-electron chi connectivity index (χ2n) is 4.42. The lowest BCUT2D eigenvalue weighted by molar-refractivity contribution is 0.360. The number of hydrogen-bond donors (Lipinski definition) is 4. The van der Waals surface area contributed by atoms with Crippen molar-refractivity contribution in [1.29, 1.82) is 5.41 Å². The van der Waals surface area contributed by atoms with Gasteiger partial charge in [-0.3, -0.25) is 5.41 Å². The first-order valence-electron chi connectivity index (χ1n) is 6.52. The number of rotatable bonds is 6. The predicted octanol–water partition coefficient (Wildman–Crippen LogP) is 1.79. The van der Waals surface area contributed by atoms with Gasteiger partial charge in [0.15, 0.2) is 0 Å². The second-order valence-corrected chi connectivity index (χ2v) is 4.42. The van der Waals surface area contributed by atoms with Crippen LogP contribution in [0.2, 0.25) is 0 Å². The van der Waals surface area contributed by atoms with Crippen LogP contribution in [-0.2, 0) is 0 Å². The molecule has 2 aromatic rings. The van der Waals surface area contributed by atoms with E-state index in [4.69, 9.17) is 15.9 Å². The largest absolute Gasteiger partial charge is 0.508 e. The highest BCUT2D eigenvalue weighted by Gasteiger charge is 2.16. The van der Waals surface area contributed by atoms with E-state index >= 15 is 0 Å². The summed E-state index contributed by atoms with van der Waals surface area (Å²) >= 11 is 0. The fourth-order valence-electron chi connectivity index (χ4n) is 1.95. The van der Waals surface area contributed by atoms with Gasteiger partial charge in [-0.25, -0.2) is 9.97 Å². The highest BCUT2D eigenvalue weighted by Crippen LogP contribution is 2.27. The number of nitrogens with two attached hydrogens (primary N) is 1. The minimum atomic E-state index is -0.0114. The Hall–Kier alpha value is -3.09. The lowest BCUT2D eigenvalue weighted by Gasteiger charge is -2.13. The molecule has 22 heavy (non-hydrogen) atoms. The van der Waals surface area contributed by atoms with E-state index in [0.29, 0.717) is 29.3 Å². The third kappa shape index (κ3) is 3.14. The van der Waals surface area contributed by atoms with E-state index in [1.807, 2.05) is 0 Å². The van der Waals surface area contributed by atoms with Crippen LogP contribution in [0.3, 0.4) is 0 Å². The maximum atomic E-state index is 9.80. The van der Waals surface area contributed by atoms with Gasteiger partial charge in [-0.1, -0.05) is 12.7 Å². The zero-order valence-electron chi connectivity index (χ0n) is 12.1. The molecule has 114 valence electrons. The fraction of sp³-hybridized carbons (Fsp3) is 0.133. The molecular weight excluding hydrogens is 282 g/mol. The average Bonchev–Trinajstić information content (AvgIpc) is 2.51. The normalized spacial score (nSPS) is 10.0. The molecule has 0 saturated carbocycles. The molecule has 0 aliphatic heterocycles. The summed E-state index contributed by atoms with van der Waals surface area (Å²) in [5.41, 5.74) is 6.75. The van der Waals surface area contributed by atoms with Crippen LogP contribution in [0, 0.1) is 5.41 Å². The summed E-state index contributed by atoms with van der Waals surface area (Å²) in [6.45, 7) is 3.87. The summed E-state index contributed by atoms with van der Waals surface area (Å²) in [7, 11) is 1.68. The van der Waals surface area contributed by atoms with Gasteiger partial charge < -0.3 is 20.9 Å². The molecule has 0 aliphatic carbocycles. The number of nitrogen functional groups attached to an aromatic ring is 1. The lowest BCUT2D eigenvalue weighted by Crippen LogP contribution is -2.12. The van der Waals surface area contributed by atoms with E-state index in [1.54, 1.807) is 19.2 Å². The van der Waals surface area contributed by atoms with E-state index in [1.165, 1.54) is 18.5 Å². The van der Waals surface area contributed by atoms with Gasteiger partial charge in [0.1, 0.15) is 36.1 Å². The molecule has 1 aromatic heterocycles. The molecule has 0 unspecified atom stereocenters. The highest BCUT2D eigenvalue weighted by atomic mass is 16.5. The summed E-state index contributed by atoms with van der Waals surface area (Å²) < 4.78 is 5.40. The summed E-state index contributed by atoms with van der Waals surface area (Å²) in [5.74, 6) is 1.04. The van der Waals surface area contributed by atoms with E-state index in [9.17, 15) is 5.11 Å². The molecule has 1 aromatic carbocycles. The molecule has 0 atom stereocenters. The first kappa shape index (κ1) is 15.3. The molecule has 0 aliphatic rings. The molecule has 7 heteroatoms. The monoisotopic (exact) mass is 299 g/mol. The minimum Gasteiger partial charge on any atom is -0.508 e. The van der Waals surface area contributed by atoms with Gasteiger partial charge >= 0.3 is 0 Å². The summed E-state index contributed by atoms with van der Waals surface area (Å²) in [6, 6.07) is 4.55. The molecule has 0 bridgehead atoms. The van der Waals surface area contributed by atoms with Gasteiger partial charge in [-0.05, 0) is 12.1 Å². The van der Waals surface area contributed by atoms with E-state index in [0.717, 1.165) is 0 Å². The molecule has 0 fully saturated rings. The number of phenolic OH excluding ortho intramolecular Hbond substituents is 1. The number of hydrogen-bond acceptors (Lipinski definition) is 7.